The number of hydrogen-bond donors (Lipinski definition) is 0. The van der Waals surface area contributed by atoms with E-state index in [0.717, 1.165) is 49.9 Å². The number of rotatable bonds is 18. The maximum absolute atomic E-state index is 14.2. The molecule has 0 heterocycles. The fourth-order valence-corrected chi connectivity index (χ4v) is 23.7. The van der Waals surface area contributed by atoms with Gasteiger partial charge in [-0.1, -0.05) is 53.4 Å². The lowest BCUT2D eigenvalue weighted by Crippen LogP contribution is -2.36. The van der Waals surface area contributed by atoms with Gasteiger partial charge in [-0.2, -0.15) is 4.31 Å². The van der Waals surface area contributed by atoms with Gasteiger partial charge < -0.3 is 16.9 Å². The Morgan fingerprint density at radius 3 is 0.788 bits per heavy atom. The number of hydrogen-bond acceptors (Lipinski definition) is 7. The lowest BCUT2D eigenvalue weighted by molar-refractivity contribution is 0.236. The summed E-state index contributed by atoms with van der Waals surface area (Å²) >= 11 is 0. The van der Waals surface area contributed by atoms with Gasteiger partial charge in [-0.3, -0.25) is 0 Å². The van der Waals surface area contributed by atoms with Gasteiger partial charge in [-0.05, 0) is 76.6 Å². The van der Waals surface area contributed by atoms with Gasteiger partial charge in [-0.25, -0.2) is 9.13 Å². The molecule has 0 saturated carbocycles. The first-order chi connectivity index (χ1) is 14.8. The summed E-state index contributed by atoms with van der Waals surface area (Å²) in [7, 11) is -18.0. The van der Waals surface area contributed by atoms with Gasteiger partial charge in [0.1, 0.15) is 0 Å². The Morgan fingerprint density at radius 2 is 0.636 bits per heavy atom. The second-order valence-electron chi connectivity index (χ2n) is 11.4. The van der Waals surface area contributed by atoms with Crippen molar-refractivity contribution in [1.82, 2.24) is 0 Å². The molecule has 0 aromatic heterocycles. The molecule has 33 heavy (non-hydrogen) atoms. The van der Waals surface area contributed by atoms with Crippen molar-refractivity contribution >= 4 is 48.9 Å². The van der Waals surface area contributed by atoms with E-state index in [4.69, 9.17) is 21.2 Å². The van der Waals surface area contributed by atoms with Crippen LogP contribution >= 0.6 is 15.6 Å². The van der Waals surface area contributed by atoms with Crippen molar-refractivity contribution in [2.24, 2.45) is 0 Å². The van der Waals surface area contributed by atoms with Crippen LogP contribution in [0.4, 0.5) is 0 Å². The summed E-state index contributed by atoms with van der Waals surface area (Å²) in [6.45, 7) is 24.2. The van der Waals surface area contributed by atoms with Gasteiger partial charge in [0, 0.05) is 0 Å². The Hall–Kier alpha value is 1.13. The van der Waals surface area contributed by atoms with Crippen molar-refractivity contribution in [2.45, 2.75) is 130 Å². The Kier molecular flexibility index (Phi) is 14.1. The van der Waals surface area contributed by atoms with E-state index in [0.29, 0.717) is 0 Å². The van der Waals surface area contributed by atoms with Gasteiger partial charge in [0.05, 0.1) is 0 Å². The summed E-state index contributed by atoms with van der Waals surface area (Å²) < 4.78 is 59.0. The molecule has 0 N–H and O–H groups in total. The zero-order valence-electron chi connectivity index (χ0n) is 23.4. The zero-order valence-corrected chi connectivity index (χ0v) is 29.2. The van der Waals surface area contributed by atoms with E-state index in [2.05, 4.69) is 27.7 Å². The average Bonchev–Trinajstić information content (AvgIpc) is 2.49. The monoisotopic (exact) mass is 578 g/mol. The molecule has 0 amide bonds. The van der Waals surface area contributed by atoms with Crippen LogP contribution in [0.25, 0.3) is 0 Å². The standard InChI is InChI=1S/C20H52O7P2Si4/c1-13-17-30(5,6)24-28(21,25-31(7,8)18-14-2)23-29(22,26-32(9,10)19-15-3)27-33(11,12)20-16-4/h13-20H2,1-12H3. The van der Waals surface area contributed by atoms with E-state index in [9.17, 15) is 9.13 Å². The molecular weight excluding hydrogens is 527 g/mol. The molecule has 0 unspecified atom stereocenters. The highest BCUT2D eigenvalue weighted by molar-refractivity contribution is 7.65. The van der Waals surface area contributed by atoms with Crippen LogP contribution in [0.5, 0.6) is 0 Å². The average molecular weight is 579 g/mol. The molecule has 0 rings (SSSR count). The molecule has 0 aromatic carbocycles. The topological polar surface area (TPSA) is 80.3 Å². The second kappa shape index (κ2) is 13.6. The van der Waals surface area contributed by atoms with Crippen molar-refractivity contribution in [1.29, 1.82) is 0 Å². The van der Waals surface area contributed by atoms with E-state index in [1.807, 2.05) is 52.4 Å². The minimum absolute atomic E-state index is 0.789. The van der Waals surface area contributed by atoms with Gasteiger partial charge in [0.15, 0.2) is 0 Å². The summed E-state index contributed by atoms with van der Waals surface area (Å²) in [4.78, 5) is 0. The maximum Gasteiger partial charge on any atom is 0.464 e. The predicted octanol–water partition coefficient (Wildman–Crippen LogP) is 9.75. The third-order valence-electron chi connectivity index (χ3n) is 5.04. The smallest absolute Gasteiger partial charge is 0.330 e. The lowest BCUT2D eigenvalue weighted by Gasteiger charge is -2.37. The molecule has 0 spiro atoms. The van der Waals surface area contributed by atoms with E-state index in [-0.39, 0.29) is 0 Å². The van der Waals surface area contributed by atoms with Gasteiger partial charge >= 0.3 is 15.6 Å². The summed E-state index contributed by atoms with van der Waals surface area (Å²) in [5, 5.41) is 0. The van der Waals surface area contributed by atoms with E-state index >= 15 is 0 Å². The quantitative estimate of drug-likeness (QED) is 0.118. The molecule has 0 aliphatic rings. The third kappa shape index (κ3) is 14.5. The van der Waals surface area contributed by atoms with Crippen LogP contribution in [0.2, 0.25) is 76.6 Å². The predicted molar refractivity (Wildman–Crippen MR) is 151 cm³/mol. The molecule has 200 valence electrons. The summed E-state index contributed by atoms with van der Waals surface area (Å²) in [5.41, 5.74) is 0. The minimum atomic E-state index is -4.20. The third-order valence-corrected chi connectivity index (χ3v) is 24.9. The van der Waals surface area contributed by atoms with Crippen LogP contribution < -0.4 is 0 Å². The van der Waals surface area contributed by atoms with Crippen LogP contribution in [0.3, 0.4) is 0 Å². The molecule has 0 atom stereocenters. The molecule has 0 aliphatic heterocycles. The van der Waals surface area contributed by atoms with E-state index in [1.165, 1.54) is 0 Å². The van der Waals surface area contributed by atoms with Crippen molar-refractivity contribution in [3.8, 4) is 0 Å². The molecule has 7 nitrogen and oxygen atoms in total. The Bertz CT molecular complexity index is 583. The van der Waals surface area contributed by atoms with Gasteiger partial charge in [-0.15, -0.1) is 0 Å². The van der Waals surface area contributed by atoms with Crippen LogP contribution in [0.15, 0.2) is 0 Å². The fraction of sp³-hybridized carbons (Fsp3) is 1.00. The van der Waals surface area contributed by atoms with Crippen LogP contribution in [0.1, 0.15) is 53.4 Å². The highest BCUT2D eigenvalue weighted by Crippen LogP contribution is 2.70. The van der Waals surface area contributed by atoms with Gasteiger partial charge in [0.2, 0.25) is 33.3 Å². The molecule has 0 bridgehead atoms. The first kappa shape index (κ1) is 34.1. The minimum Gasteiger partial charge on any atom is -0.330 e. The van der Waals surface area contributed by atoms with Crippen molar-refractivity contribution in [3.63, 3.8) is 0 Å². The Balaban J connectivity index is 6.36. The van der Waals surface area contributed by atoms with Crippen LogP contribution in [-0.2, 0) is 30.3 Å². The first-order valence-electron chi connectivity index (χ1n) is 12.5. The maximum atomic E-state index is 14.2. The Labute approximate surface area is 208 Å². The highest BCUT2D eigenvalue weighted by atomic mass is 31.3. The van der Waals surface area contributed by atoms with E-state index < -0.39 is 48.9 Å². The lowest BCUT2D eigenvalue weighted by atomic mass is 10.6. The summed E-state index contributed by atoms with van der Waals surface area (Å²) in [6, 6.07) is 3.16. The van der Waals surface area contributed by atoms with Crippen molar-refractivity contribution in [2.75, 3.05) is 0 Å². The molecule has 0 aromatic rings. The van der Waals surface area contributed by atoms with Crippen LogP contribution in [-0.4, -0.2) is 33.3 Å². The second-order valence-corrected chi connectivity index (χ2v) is 32.8. The molecule has 0 fully saturated rings. The zero-order chi connectivity index (χ0) is 26.2. The van der Waals surface area contributed by atoms with Crippen LogP contribution in [0, 0.1) is 0 Å². The van der Waals surface area contributed by atoms with Crippen molar-refractivity contribution < 1.29 is 30.3 Å². The van der Waals surface area contributed by atoms with Crippen molar-refractivity contribution in [3.05, 3.63) is 0 Å². The normalized spacial score (nSPS) is 14.7. The molecule has 13 heteroatoms. The van der Waals surface area contributed by atoms with Gasteiger partial charge in [0.25, 0.3) is 0 Å². The largest absolute Gasteiger partial charge is 0.464 e. The Morgan fingerprint density at radius 1 is 0.455 bits per heavy atom. The molecular formula is C20H52O7P2Si4. The first-order valence-corrected chi connectivity index (χ1v) is 27.9. The molecule has 0 saturated heterocycles. The molecule has 0 aliphatic carbocycles. The highest BCUT2D eigenvalue weighted by Gasteiger charge is 2.51. The summed E-state index contributed by atoms with van der Waals surface area (Å²) in [5.74, 6) is 0. The fourth-order valence-electron chi connectivity index (χ4n) is 4.03. The summed E-state index contributed by atoms with van der Waals surface area (Å²) in [6.07, 6.45) is 3.58. The molecule has 0 radical (unpaired) electrons. The number of phosphoric acid groups is 2. The SMILES string of the molecule is CCC[Si](C)(C)OP(=O)(O[Si](C)(C)CCC)OP(=O)(O[Si](C)(C)CCC)O[Si](C)(C)CCC. The van der Waals surface area contributed by atoms with E-state index in [1.54, 1.807) is 0 Å².